The maximum absolute atomic E-state index is 12.2. The Morgan fingerprint density at radius 3 is 1.89 bits per heavy atom. The van der Waals surface area contributed by atoms with Crippen LogP contribution in [0.3, 0.4) is 0 Å². The van der Waals surface area contributed by atoms with E-state index in [2.05, 4.69) is 16.0 Å². The predicted molar refractivity (Wildman–Crippen MR) is 105 cm³/mol. The van der Waals surface area contributed by atoms with Crippen LogP contribution in [0.25, 0.3) is 0 Å². The molecule has 2 aromatic rings. The lowest BCUT2D eigenvalue weighted by Gasteiger charge is -2.14. The molecule has 3 N–H and O–H groups in total. The molecule has 28 heavy (non-hydrogen) atoms. The van der Waals surface area contributed by atoms with Gasteiger partial charge in [-0.2, -0.15) is 0 Å². The number of anilines is 3. The highest BCUT2D eigenvalue weighted by atomic mass is 16.5. The minimum atomic E-state index is -1.04. The van der Waals surface area contributed by atoms with Crippen LogP contribution in [0.1, 0.15) is 31.1 Å². The number of hydrogen-bond donors (Lipinski definition) is 3. The molecule has 8 nitrogen and oxygen atoms in total. The number of carbonyl (C=O) groups excluding carboxylic acids is 4. The van der Waals surface area contributed by atoms with Gasteiger partial charge in [-0.05, 0) is 49.4 Å². The molecular weight excluding hydrogens is 362 g/mol. The van der Waals surface area contributed by atoms with Crippen LogP contribution in [0.15, 0.2) is 48.5 Å². The summed E-state index contributed by atoms with van der Waals surface area (Å²) in [6.07, 6.45) is -1.04. The van der Waals surface area contributed by atoms with Gasteiger partial charge in [-0.15, -0.1) is 0 Å². The molecule has 3 amide bonds. The molecule has 0 aliphatic heterocycles. The molecule has 1 atom stereocenters. The highest BCUT2D eigenvalue weighted by Crippen LogP contribution is 2.15. The van der Waals surface area contributed by atoms with Crippen LogP contribution in [-0.2, 0) is 19.1 Å². The lowest BCUT2D eigenvalue weighted by Crippen LogP contribution is -2.30. The largest absolute Gasteiger partial charge is 0.449 e. The summed E-state index contributed by atoms with van der Waals surface area (Å²) in [5.41, 5.74) is 1.77. The lowest BCUT2D eigenvalue weighted by atomic mass is 10.2. The first kappa shape index (κ1) is 20.6. The molecule has 0 aliphatic carbocycles. The third-order valence-corrected chi connectivity index (χ3v) is 3.54. The Kier molecular flexibility index (Phi) is 6.86. The Morgan fingerprint density at radius 1 is 0.786 bits per heavy atom. The molecule has 2 aromatic carbocycles. The van der Waals surface area contributed by atoms with Crippen LogP contribution in [0.4, 0.5) is 17.1 Å². The van der Waals surface area contributed by atoms with Gasteiger partial charge >= 0.3 is 5.97 Å². The average molecular weight is 383 g/mol. The van der Waals surface area contributed by atoms with Crippen LogP contribution < -0.4 is 16.0 Å². The molecule has 0 unspecified atom stereocenters. The number of esters is 1. The van der Waals surface area contributed by atoms with E-state index >= 15 is 0 Å². The molecule has 0 radical (unpaired) electrons. The van der Waals surface area contributed by atoms with Crippen molar-refractivity contribution in [1.29, 1.82) is 0 Å². The van der Waals surface area contributed by atoms with E-state index in [4.69, 9.17) is 4.74 Å². The van der Waals surface area contributed by atoms with E-state index in [1.54, 1.807) is 36.4 Å². The topological polar surface area (TPSA) is 114 Å². The molecule has 0 aromatic heterocycles. The maximum Gasteiger partial charge on any atom is 0.338 e. The van der Waals surface area contributed by atoms with Gasteiger partial charge in [0.05, 0.1) is 5.56 Å². The molecule has 0 fully saturated rings. The number of benzene rings is 2. The zero-order valence-electron chi connectivity index (χ0n) is 15.7. The minimum Gasteiger partial charge on any atom is -0.449 e. The molecule has 0 bridgehead atoms. The minimum absolute atomic E-state index is 0.195. The summed E-state index contributed by atoms with van der Waals surface area (Å²) < 4.78 is 5.19. The van der Waals surface area contributed by atoms with E-state index in [0.29, 0.717) is 17.1 Å². The monoisotopic (exact) mass is 383 g/mol. The molecular formula is C20H21N3O5. The summed E-state index contributed by atoms with van der Waals surface area (Å²) in [7, 11) is 0. The number of hydrogen-bond acceptors (Lipinski definition) is 5. The summed E-state index contributed by atoms with van der Waals surface area (Å²) in [5.74, 6) is -1.64. The van der Waals surface area contributed by atoms with Crippen molar-refractivity contribution >= 4 is 40.8 Å². The third-order valence-electron chi connectivity index (χ3n) is 3.54. The van der Waals surface area contributed by atoms with Crippen LogP contribution in [-0.4, -0.2) is 29.8 Å². The number of ether oxygens (including phenoxy) is 1. The van der Waals surface area contributed by atoms with E-state index in [-0.39, 0.29) is 17.4 Å². The van der Waals surface area contributed by atoms with E-state index in [1.165, 1.54) is 32.9 Å². The molecule has 0 spiro atoms. The Morgan fingerprint density at radius 2 is 1.32 bits per heavy atom. The van der Waals surface area contributed by atoms with E-state index in [1.807, 2.05) is 0 Å². The van der Waals surface area contributed by atoms with Gasteiger partial charge in [-0.1, -0.05) is 6.07 Å². The maximum atomic E-state index is 12.2. The van der Waals surface area contributed by atoms with Crippen molar-refractivity contribution in [1.82, 2.24) is 0 Å². The quantitative estimate of drug-likeness (QED) is 0.664. The molecule has 0 heterocycles. The highest BCUT2D eigenvalue weighted by molar-refractivity contribution is 5.98. The number of amides is 3. The smallest absolute Gasteiger partial charge is 0.338 e. The summed E-state index contributed by atoms with van der Waals surface area (Å²) >= 11 is 0. The highest BCUT2D eigenvalue weighted by Gasteiger charge is 2.19. The summed E-state index contributed by atoms with van der Waals surface area (Å²) in [6, 6.07) is 12.8. The van der Waals surface area contributed by atoms with Crippen LogP contribution in [0.2, 0.25) is 0 Å². The zero-order valence-corrected chi connectivity index (χ0v) is 15.7. The van der Waals surface area contributed by atoms with E-state index in [0.717, 1.165) is 0 Å². The number of carbonyl (C=O) groups is 4. The van der Waals surface area contributed by atoms with Gasteiger partial charge < -0.3 is 20.7 Å². The van der Waals surface area contributed by atoms with Crippen LogP contribution in [0, 0.1) is 0 Å². The van der Waals surface area contributed by atoms with Gasteiger partial charge in [0.15, 0.2) is 6.10 Å². The number of rotatable bonds is 6. The first-order chi connectivity index (χ1) is 13.2. The molecule has 146 valence electrons. The molecule has 0 saturated heterocycles. The van der Waals surface area contributed by atoms with Crippen LogP contribution >= 0.6 is 0 Å². The van der Waals surface area contributed by atoms with Gasteiger partial charge in [0, 0.05) is 30.9 Å². The van der Waals surface area contributed by atoms with Gasteiger partial charge in [0.1, 0.15) is 0 Å². The van der Waals surface area contributed by atoms with E-state index < -0.39 is 18.0 Å². The molecule has 0 saturated carbocycles. The van der Waals surface area contributed by atoms with Gasteiger partial charge in [-0.25, -0.2) is 4.79 Å². The fourth-order valence-corrected chi connectivity index (χ4v) is 2.29. The Hall–Kier alpha value is -3.68. The molecule has 8 heteroatoms. The molecule has 2 rings (SSSR count). The second kappa shape index (κ2) is 9.31. The second-order valence-corrected chi connectivity index (χ2v) is 6.06. The Labute approximate surface area is 162 Å². The van der Waals surface area contributed by atoms with Gasteiger partial charge in [0.2, 0.25) is 11.8 Å². The molecule has 0 aliphatic rings. The van der Waals surface area contributed by atoms with E-state index in [9.17, 15) is 19.2 Å². The Balaban J connectivity index is 1.95. The average Bonchev–Trinajstić information content (AvgIpc) is 2.62. The van der Waals surface area contributed by atoms with Gasteiger partial charge in [0.25, 0.3) is 5.91 Å². The van der Waals surface area contributed by atoms with Crippen molar-refractivity contribution < 1.29 is 23.9 Å². The van der Waals surface area contributed by atoms with Crippen molar-refractivity contribution in [3.63, 3.8) is 0 Å². The summed E-state index contributed by atoms with van der Waals surface area (Å²) in [4.78, 5) is 46.6. The predicted octanol–water partition coefficient (Wildman–Crippen LogP) is 2.79. The summed E-state index contributed by atoms with van der Waals surface area (Å²) in [5, 5.41) is 7.82. The van der Waals surface area contributed by atoms with Gasteiger partial charge in [-0.3, -0.25) is 14.4 Å². The SMILES string of the molecule is CC(=O)Nc1ccc(NC(=O)[C@@H](C)OC(=O)c2cccc(NC(C)=O)c2)cc1. The van der Waals surface area contributed by atoms with Crippen molar-refractivity contribution in [2.75, 3.05) is 16.0 Å². The van der Waals surface area contributed by atoms with Crippen LogP contribution in [0.5, 0.6) is 0 Å². The second-order valence-electron chi connectivity index (χ2n) is 6.06. The normalized spacial score (nSPS) is 11.1. The van der Waals surface area contributed by atoms with Crippen molar-refractivity contribution in [2.45, 2.75) is 26.9 Å². The fraction of sp³-hybridized carbons (Fsp3) is 0.200. The zero-order chi connectivity index (χ0) is 20.7. The van der Waals surface area contributed by atoms with Crippen molar-refractivity contribution in [3.05, 3.63) is 54.1 Å². The van der Waals surface area contributed by atoms with Crippen molar-refractivity contribution in [3.8, 4) is 0 Å². The first-order valence-electron chi connectivity index (χ1n) is 8.52. The van der Waals surface area contributed by atoms with Crippen molar-refractivity contribution in [2.24, 2.45) is 0 Å². The lowest BCUT2D eigenvalue weighted by molar-refractivity contribution is -0.123. The summed E-state index contributed by atoms with van der Waals surface area (Å²) in [6.45, 7) is 4.22. The fourth-order valence-electron chi connectivity index (χ4n) is 2.29. The number of nitrogens with one attached hydrogen (secondary N) is 3. The third kappa shape index (κ3) is 6.24. The standard InChI is InChI=1S/C20H21N3O5/c1-12(19(26)23-17-9-7-16(8-10-17)21-13(2)24)28-20(27)15-5-4-6-18(11-15)22-14(3)25/h4-12H,1-3H3,(H,21,24)(H,22,25)(H,23,26)/t12-/m1/s1. The first-order valence-corrected chi connectivity index (χ1v) is 8.52. The Bertz CT molecular complexity index is 893.